The highest BCUT2D eigenvalue weighted by Gasteiger charge is 2.30. The molecule has 33 heavy (non-hydrogen) atoms. The summed E-state index contributed by atoms with van der Waals surface area (Å²) in [5.74, 6) is 0.171. The Morgan fingerprint density at radius 2 is 1.67 bits per heavy atom. The minimum Gasteiger partial charge on any atom is -0.484 e. The molecule has 1 atom stereocenters. The maximum absolute atomic E-state index is 13.4. The summed E-state index contributed by atoms with van der Waals surface area (Å²) in [6.45, 7) is 4.34. The third-order valence-electron chi connectivity index (χ3n) is 5.31. The molecule has 3 aromatic rings. The van der Waals surface area contributed by atoms with Gasteiger partial charge < -0.3 is 15.0 Å². The molecule has 3 aromatic carbocycles. The first kappa shape index (κ1) is 24.3. The summed E-state index contributed by atoms with van der Waals surface area (Å²) in [5, 5.41) is 3.46. The van der Waals surface area contributed by atoms with Crippen LogP contribution in [0.3, 0.4) is 0 Å². The van der Waals surface area contributed by atoms with Crippen LogP contribution in [0.25, 0.3) is 0 Å². The van der Waals surface area contributed by atoms with Crippen LogP contribution in [0, 0.1) is 6.92 Å². The summed E-state index contributed by atoms with van der Waals surface area (Å²) in [6, 6.07) is 23.9. The van der Waals surface area contributed by atoms with E-state index >= 15 is 0 Å². The molecular formula is C27H29ClN2O3. The van der Waals surface area contributed by atoms with Crippen molar-refractivity contribution in [3.8, 4) is 5.75 Å². The fraction of sp³-hybridized carbons (Fsp3) is 0.259. The topological polar surface area (TPSA) is 58.6 Å². The average Bonchev–Trinajstić information content (AvgIpc) is 2.81. The monoisotopic (exact) mass is 464 g/mol. The zero-order valence-corrected chi connectivity index (χ0v) is 19.7. The van der Waals surface area contributed by atoms with Crippen molar-refractivity contribution in [3.63, 3.8) is 0 Å². The quantitative estimate of drug-likeness (QED) is 0.468. The third kappa shape index (κ3) is 7.09. The van der Waals surface area contributed by atoms with Crippen LogP contribution in [0.1, 0.15) is 23.6 Å². The normalized spacial score (nSPS) is 11.5. The number of halogens is 1. The summed E-state index contributed by atoms with van der Waals surface area (Å²) < 4.78 is 5.83. The Labute approximate surface area is 200 Å². The molecule has 0 unspecified atom stereocenters. The van der Waals surface area contributed by atoms with Crippen LogP contribution in [0.2, 0.25) is 5.02 Å². The second-order valence-corrected chi connectivity index (χ2v) is 8.24. The zero-order chi connectivity index (χ0) is 23.6. The number of hydrogen-bond acceptors (Lipinski definition) is 3. The van der Waals surface area contributed by atoms with Crippen molar-refractivity contribution in [2.24, 2.45) is 0 Å². The average molecular weight is 465 g/mol. The molecule has 172 valence electrons. The predicted octanol–water partition coefficient (Wildman–Crippen LogP) is 4.80. The molecule has 1 N–H and O–H groups in total. The highest BCUT2D eigenvalue weighted by atomic mass is 35.5. The number of ether oxygens (including phenoxy) is 1. The van der Waals surface area contributed by atoms with Crippen LogP contribution < -0.4 is 10.1 Å². The lowest BCUT2D eigenvalue weighted by molar-refractivity contribution is -0.142. The smallest absolute Gasteiger partial charge is 0.261 e. The molecule has 2 amide bonds. The van der Waals surface area contributed by atoms with Crippen LogP contribution >= 0.6 is 11.6 Å². The minimum atomic E-state index is -0.695. The molecule has 0 saturated carbocycles. The summed E-state index contributed by atoms with van der Waals surface area (Å²) in [7, 11) is 0. The first-order valence-corrected chi connectivity index (χ1v) is 11.4. The van der Waals surface area contributed by atoms with Gasteiger partial charge in [-0.1, -0.05) is 72.3 Å². The van der Waals surface area contributed by atoms with E-state index in [9.17, 15) is 9.59 Å². The van der Waals surface area contributed by atoms with Crippen molar-refractivity contribution >= 4 is 23.4 Å². The number of carbonyl (C=O) groups is 2. The van der Waals surface area contributed by atoms with Crippen LogP contribution in [-0.2, 0) is 22.6 Å². The Kier molecular flexibility index (Phi) is 8.90. The van der Waals surface area contributed by atoms with Gasteiger partial charge in [-0.05, 0) is 48.7 Å². The van der Waals surface area contributed by atoms with E-state index in [0.717, 1.165) is 16.7 Å². The number of carbonyl (C=O) groups excluding carboxylic acids is 2. The molecule has 0 aliphatic carbocycles. The van der Waals surface area contributed by atoms with Gasteiger partial charge in [0.05, 0.1) is 0 Å². The van der Waals surface area contributed by atoms with Gasteiger partial charge in [-0.15, -0.1) is 0 Å². The molecule has 0 heterocycles. The van der Waals surface area contributed by atoms with Crippen molar-refractivity contribution in [3.05, 3.63) is 101 Å². The molecule has 0 aliphatic heterocycles. The Hall–Kier alpha value is -3.31. The van der Waals surface area contributed by atoms with E-state index in [2.05, 4.69) is 5.32 Å². The molecule has 0 aliphatic rings. The number of nitrogens with one attached hydrogen (secondary N) is 1. The first-order chi connectivity index (χ1) is 16.0. The number of para-hydroxylation sites is 1. The summed E-state index contributed by atoms with van der Waals surface area (Å²) in [4.78, 5) is 28.1. The molecule has 0 saturated heterocycles. The van der Waals surface area contributed by atoms with Crippen molar-refractivity contribution < 1.29 is 14.3 Å². The molecule has 0 radical (unpaired) electrons. The maximum Gasteiger partial charge on any atom is 0.261 e. The number of aryl methyl sites for hydroxylation is 1. The SMILES string of the molecule is CCNC(=O)[C@@H](Cc1ccccc1)N(Cc1cccc(Cl)c1)C(=O)COc1ccccc1C. The lowest BCUT2D eigenvalue weighted by Gasteiger charge is -2.31. The van der Waals surface area contributed by atoms with Gasteiger partial charge in [-0.3, -0.25) is 9.59 Å². The van der Waals surface area contributed by atoms with Gasteiger partial charge in [-0.25, -0.2) is 0 Å². The largest absolute Gasteiger partial charge is 0.484 e. The van der Waals surface area contributed by atoms with Crippen molar-refractivity contribution in [1.29, 1.82) is 0 Å². The number of nitrogens with zero attached hydrogens (tertiary/aromatic N) is 1. The van der Waals surface area contributed by atoms with Crippen molar-refractivity contribution in [2.75, 3.05) is 13.2 Å². The zero-order valence-electron chi connectivity index (χ0n) is 19.0. The van der Waals surface area contributed by atoms with E-state index in [1.54, 1.807) is 17.0 Å². The first-order valence-electron chi connectivity index (χ1n) is 11.0. The van der Waals surface area contributed by atoms with Crippen LogP contribution in [0.5, 0.6) is 5.75 Å². The minimum absolute atomic E-state index is 0.171. The van der Waals surface area contributed by atoms with Gasteiger partial charge in [-0.2, -0.15) is 0 Å². The fourth-order valence-corrected chi connectivity index (χ4v) is 3.83. The third-order valence-corrected chi connectivity index (χ3v) is 5.54. The van der Waals surface area contributed by atoms with E-state index in [0.29, 0.717) is 23.7 Å². The van der Waals surface area contributed by atoms with Crippen molar-refractivity contribution in [2.45, 2.75) is 32.9 Å². The molecule has 0 spiro atoms. The van der Waals surface area contributed by atoms with E-state index in [-0.39, 0.29) is 25.0 Å². The molecule has 3 rings (SSSR count). The van der Waals surface area contributed by atoms with Gasteiger partial charge in [0.1, 0.15) is 11.8 Å². The Morgan fingerprint density at radius 3 is 2.36 bits per heavy atom. The lowest BCUT2D eigenvalue weighted by Crippen LogP contribution is -2.51. The molecule has 0 aromatic heterocycles. The number of amides is 2. The van der Waals surface area contributed by atoms with Gasteiger partial charge in [0.25, 0.3) is 5.91 Å². The second-order valence-electron chi connectivity index (χ2n) is 7.81. The highest BCUT2D eigenvalue weighted by Crippen LogP contribution is 2.19. The highest BCUT2D eigenvalue weighted by molar-refractivity contribution is 6.30. The second kappa shape index (κ2) is 12.1. The molecule has 5 nitrogen and oxygen atoms in total. The van der Waals surface area contributed by atoms with Gasteiger partial charge in [0.2, 0.25) is 5.91 Å². The van der Waals surface area contributed by atoms with E-state index in [4.69, 9.17) is 16.3 Å². The number of rotatable bonds is 10. The van der Waals surface area contributed by atoms with Gasteiger partial charge in [0.15, 0.2) is 6.61 Å². The summed E-state index contributed by atoms with van der Waals surface area (Å²) >= 11 is 6.18. The number of hydrogen-bond donors (Lipinski definition) is 1. The van der Waals surface area contributed by atoms with E-state index in [1.165, 1.54) is 0 Å². The Morgan fingerprint density at radius 1 is 0.970 bits per heavy atom. The standard InChI is InChI=1S/C27H29ClN2O3/c1-3-29-27(32)24(17-21-11-5-4-6-12-21)30(18-22-13-9-14-23(28)16-22)26(31)19-33-25-15-8-7-10-20(25)2/h4-16,24H,3,17-19H2,1-2H3,(H,29,32)/t24-/m1/s1. The molecular weight excluding hydrogens is 436 g/mol. The van der Waals surface area contributed by atoms with Crippen molar-refractivity contribution in [1.82, 2.24) is 10.2 Å². The van der Waals surface area contributed by atoms with E-state index in [1.807, 2.05) is 80.6 Å². The lowest BCUT2D eigenvalue weighted by atomic mass is 10.0. The van der Waals surface area contributed by atoms with E-state index < -0.39 is 6.04 Å². The maximum atomic E-state index is 13.4. The van der Waals surface area contributed by atoms with Gasteiger partial charge >= 0.3 is 0 Å². The molecule has 6 heteroatoms. The summed E-state index contributed by atoms with van der Waals surface area (Å²) in [5.41, 5.74) is 2.75. The number of benzene rings is 3. The molecule has 0 bridgehead atoms. The summed E-state index contributed by atoms with van der Waals surface area (Å²) in [6.07, 6.45) is 0.392. The van der Waals surface area contributed by atoms with Crippen LogP contribution in [0.4, 0.5) is 0 Å². The van der Waals surface area contributed by atoms with Crippen LogP contribution in [0.15, 0.2) is 78.9 Å². The van der Waals surface area contributed by atoms with Crippen LogP contribution in [-0.4, -0.2) is 35.9 Å². The predicted molar refractivity (Wildman–Crippen MR) is 131 cm³/mol. The Balaban J connectivity index is 1.90. The Bertz CT molecular complexity index is 1070. The fourth-order valence-electron chi connectivity index (χ4n) is 3.62. The molecule has 0 fully saturated rings. The van der Waals surface area contributed by atoms with Gasteiger partial charge in [0, 0.05) is 24.5 Å². The number of likely N-dealkylation sites (N-methyl/N-ethyl adjacent to an activating group) is 1.